The molecule has 17 heavy (non-hydrogen) atoms. The first-order chi connectivity index (χ1) is 7.86. The Hall–Kier alpha value is -1.60. The molecule has 0 aliphatic rings. The topological polar surface area (TPSA) is 109 Å². The lowest BCUT2D eigenvalue weighted by Gasteiger charge is -2.12. The highest BCUT2D eigenvalue weighted by molar-refractivity contribution is 7.93. The van der Waals surface area contributed by atoms with E-state index in [1.807, 2.05) is 0 Å². The molecule has 0 radical (unpaired) electrons. The Morgan fingerprint density at radius 1 is 1.41 bits per heavy atom. The summed E-state index contributed by atoms with van der Waals surface area (Å²) in [6.07, 6.45) is 0. The number of primary amides is 1. The minimum Gasteiger partial charge on any atom is -0.395 e. The van der Waals surface area contributed by atoms with Crippen LogP contribution in [0.5, 0.6) is 0 Å². The zero-order valence-corrected chi connectivity index (χ0v) is 10.1. The third-order valence-electron chi connectivity index (χ3n) is 2.22. The van der Waals surface area contributed by atoms with Crippen LogP contribution in [0, 0.1) is 0 Å². The quantitative estimate of drug-likeness (QED) is 0.685. The van der Waals surface area contributed by atoms with Gasteiger partial charge in [-0.15, -0.1) is 0 Å². The van der Waals surface area contributed by atoms with Crippen LogP contribution >= 0.6 is 0 Å². The van der Waals surface area contributed by atoms with Crippen molar-refractivity contribution in [3.05, 3.63) is 29.8 Å². The molecular formula is C10H14N2O4S. The molecule has 1 atom stereocenters. The minimum atomic E-state index is -3.61. The van der Waals surface area contributed by atoms with Crippen LogP contribution < -0.4 is 10.5 Å². The summed E-state index contributed by atoms with van der Waals surface area (Å²) in [6.45, 7) is 0.925. The number of hydrogen-bond acceptors (Lipinski definition) is 4. The van der Waals surface area contributed by atoms with E-state index in [4.69, 9.17) is 10.8 Å². The molecule has 0 aliphatic carbocycles. The van der Waals surface area contributed by atoms with Gasteiger partial charge in [-0.1, -0.05) is 0 Å². The predicted molar refractivity (Wildman–Crippen MR) is 64.1 cm³/mol. The normalized spacial score (nSPS) is 13.1. The average Bonchev–Trinajstić information content (AvgIpc) is 2.28. The van der Waals surface area contributed by atoms with E-state index in [1.165, 1.54) is 31.2 Å². The van der Waals surface area contributed by atoms with E-state index in [-0.39, 0.29) is 0 Å². The molecule has 6 nitrogen and oxygen atoms in total. The molecule has 94 valence electrons. The van der Waals surface area contributed by atoms with Crippen molar-refractivity contribution in [1.29, 1.82) is 0 Å². The first-order valence-corrected chi connectivity index (χ1v) is 6.44. The predicted octanol–water partition coefficient (Wildman–Crippen LogP) is -0.0920. The van der Waals surface area contributed by atoms with Gasteiger partial charge in [0.2, 0.25) is 15.9 Å². The number of nitrogens with one attached hydrogen (secondary N) is 1. The first-order valence-electron chi connectivity index (χ1n) is 4.89. The van der Waals surface area contributed by atoms with Crippen molar-refractivity contribution in [1.82, 2.24) is 0 Å². The molecule has 0 saturated carbocycles. The van der Waals surface area contributed by atoms with E-state index < -0.39 is 27.8 Å². The Kier molecular flexibility index (Phi) is 4.08. The maximum atomic E-state index is 11.6. The van der Waals surface area contributed by atoms with Gasteiger partial charge in [0.15, 0.2) is 0 Å². The molecule has 1 amide bonds. The van der Waals surface area contributed by atoms with Crippen LogP contribution in [0.2, 0.25) is 0 Å². The molecule has 0 aliphatic heterocycles. The van der Waals surface area contributed by atoms with Gasteiger partial charge in [-0.3, -0.25) is 9.52 Å². The maximum absolute atomic E-state index is 11.6. The molecule has 0 aromatic heterocycles. The number of aliphatic hydroxyl groups is 1. The van der Waals surface area contributed by atoms with Gasteiger partial charge in [-0.05, 0) is 31.2 Å². The summed E-state index contributed by atoms with van der Waals surface area (Å²) in [5.41, 5.74) is 5.66. The van der Waals surface area contributed by atoms with Crippen LogP contribution in [0.3, 0.4) is 0 Å². The maximum Gasteiger partial charge on any atom is 0.248 e. The van der Waals surface area contributed by atoms with Gasteiger partial charge in [0.25, 0.3) is 0 Å². The average molecular weight is 258 g/mol. The second kappa shape index (κ2) is 5.15. The van der Waals surface area contributed by atoms with Crippen LogP contribution in [0.1, 0.15) is 17.3 Å². The van der Waals surface area contributed by atoms with E-state index in [0.29, 0.717) is 11.3 Å². The van der Waals surface area contributed by atoms with Crippen molar-refractivity contribution in [3.8, 4) is 0 Å². The second-order valence-corrected chi connectivity index (χ2v) is 5.68. The first kappa shape index (κ1) is 13.5. The van der Waals surface area contributed by atoms with E-state index in [9.17, 15) is 13.2 Å². The summed E-state index contributed by atoms with van der Waals surface area (Å²) in [7, 11) is -3.61. The second-order valence-electron chi connectivity index (χ2n) is 3.58. The van der Waals surface area contributed by atoms with Crippen LogP contribution in [0.15, 0.2) is 24.3 Å². The van der Waals surface area contributed by atoms with Crippen molar-refractivity contribution in [2.75, 3.05) is 11.3 Å². The third kappa shape index (κ3) is 3.43. The zero-order valence-electron chi connectivity index (χ0n) is 9.25. The molecule has 0 heterocycles. The summed E-state index contributed by atoms with van der Waals surface area (Å²) in [4.78, 5) is 10.8. The molecule has 0 spiro atoms. The number of nitrogens with two attached hydrogens (primary N) is 1. The molecule has 1 unspecified atom stereocenters. The van der Waals surface area contributed by atoms with Crippen LogP contribution in [0.4, 0.5) is 5.69 Å². The Balaban J connectivity index is 2.86. The molecule has 0 saturated heterocycles. The highest BCUT2D eigenvalue weighted by atomic mass is 32.2. The van der Waals surface area contributed by atoms with E-state index >= 15 is 0 Å². The Labute approximate surface area is 99.5 Å². The van der Waals surface area contributed by atoms with Gasteiger partial charge >= 0.3 is 0 Å². The molecule has 1 rings (SSSR count). The monoisotopic (exact) mass is 258 g/mol. The van der Waals surface area contributed by atoms with Gasteiger partial charge in [0, 0.05) is 11.3 Å². The number of hydrogen-bond donors (Lipinski definition) is 3. The highest BCUT2D eigenvalue weighted by Gasteiger charge is 2.19. The lowest BCUT2D eigenvalue weighted by atomic mass is 10.2. The standard InChI is InChI=1S/C10H14N2O4S/c1-7(6-13)17(15,16)12-9-4-2-8(3-5-9)10(11)14/h2-5,7,12-13H,6H2,1H3,(H2,11,14). The van der Waals surface area contributed by atoms with Gasteiger partial charge < -0.3 is 10.8 Å². The summed E-state index contributed by atoms with van der Waals surface area (Å²) >= 11 is 0. The molecule has 1 aromatic rings. The van der Waals surface area contributed by atoms with Crippen molar-refractivity contribution in [3.63, 3.8) is 0 Å². The van der Waals surface area contributed by atoms with Crippen LogP contribution in [0.25, 0.3) is 0 Å². The van der Waals surface area contributed by atoms with Gasteiger partial charge in [0.1, 0.15) is 5.25 Å². The smallest absolute Gasteiger partial charge is 0.248 e. The van der Waals surface area contributed by atoms with Crippen molar-refractivity contribution >= 4 is 21.6 Å². The molecular weight excluding hydrogens is 244 g/mol. The number of amides is 1. The van der Waals surface area contributed by atoms with Gasteiger partial charge in [0.05, 0.1) is 6.61 Å². The number of carbonyl (C=O) groups excluding carboxylic acids is 1. The van der Waals surface area contributed by atoms with Crippen molar-refractivity contribution in [2.45, 2.75) is 12.2 Å². The number of benzene rings is 1. The summed E-state index contributed by atoms with van der Waals surface area (Å²) < 4.78 is 25.5. The van der Waals surface area contributed by atoms with Gasteiger partial charge in [-0.25, -0.2) is 8.42 Å². The number of aliphatic hydroxyl groups excluding tert-OH is 1. The molecule has 0 bridgehead atoms. The van der Waals surface area contributed by atoms with Gasteiger partial charge in [-0.2, -0.15) is 0 Å². The number of carbonyl (C=O) groups is 1. The number of rotatable bonds is 5. The Morgan fingerprint density at radius 3 is 2.35 bits per heavy atom. The SMILES string of the molecule is CC(CO)S(=O)(=O)Nc1ccc(C(N)=O)cc1. The van der Waals surface area contributed by atoms with Crippen molar-refractivity contribution in [2.24, 2.45) is 5.73 Å². The summed E-state index contributed by atoms with van der Waals surface area (Å²) in [5.74, 6) is -0.580. The summed E-state index contributed by atoms with van der Waals surface area (Å²) in [6, 6.07) is 5.71. The van der Waals surface area contributed by atoms with Crippen LogP contribution in [-0.4, -0.2) is 31.3 Å². The van der Waals surface area contributed by atoms with E-state index in [2.05, 4.69) is 4.72 Å². The fourth-order valence-corrected chi connectivity index (χ4v) is 1.93. The minimum absolute atomic E-state index is 0.295. The fourth-order valence-electron chi connectivity index (χ4n) is 1.07. The fraction of sp³-hybridized carbons (Fsp3) is 0.300. The zero-order chi connectivity index (χ0) is 13.1. The highest BCUT2D eigenvalue weighted by Crippen LogP contribution is 2.13. The Morgan fingerprint density at radius 2 is 1.94 bits per heavy atom. The van der Waals surface area contributed by atoms with E-state index in [0.717, 1.165) is 0 Å². The lowest BCUT2D eigenvalue weighted by molar-refractivity contribution is 0.100. The molecule has 0 fully saturated rings. The summed E-state index contributed by atoms with van der Waals surface area (Å²) in [5, 5.41) is 7.88. The molecule has 4 N–H and O–H groups in total. The lowest BCUT2D eigenvalue weighted by Crippen LogP contribution is -2.28. The largest absolute Gasteiger partial charge is 0.395 e. The van der Waals surface area contributed by atoms with E-state index in [1.54, 1.807) is 0 Å². The molecule has 1 aromatic carbocycles. The number of sulfonamides is 1. The Bertz CT molecular complexity index is 496. The van der Waals surface area contributed by atoms with Crippen LogP contribution in [-0.2, 0) is 10.0 Å². The molecule has 7 heteroatoms. The third-order valence-corrected chi connectivity index (χ3v) is 3.95. The van der Waals surface area contributed by atoms with Crippen molar-refractivity contribution < 1.29 is 18.3 Å². The number of anilines is 1.